The van der Waals surface area contributed by atoms with Gasteiger partial charge in [-0.05, 0) is 25.5 Å². The van der Waals surface area contributed by atoms with Crippen LogP contribution in [0.5, 0.6) is 0 Å². The lowest BCUT2D eigenvalue weighted by molar-refractivity contribution is 0.190. The van der Waals surface area contributed by atoms with Gasteiger partial charge in [-0.3, -0.25) is 9.36 Å². The Morgan fingerprint density at radius 1 is 1.32 bits per heavy atom. The van der Waals surface area contributed by atoms with Crippen molar-refractivity contribution in [1.82, 2.24) is 24.8 Å². The van der Waals surface area contributed by atoms with E-state index in [9.17, 15) is 9.59 Å². The van der Waals surface area contributed by atoms with Crippen molar-refractivity contribution in [1.29, 1.82) is 0 Å². The van der Waals surface area contributed by atoms with Crippen LogP contribution in [0.3, 0.4) is 0 Å². The summed E-state index contributed by atoms with van der Waals surface area (Å²) in [6, 6.07) is 3.77. The maximum absolute atomic E-state index is 12.6. The normalized spacial score (nSPS) is 16.1. The van der Waals surface area contributed by atoms with E-state index in [4.69, 9.17) is 0 Å². The summed E-state index contributed by atoms with van der Waals surface area (Å²) in [5, 5.41) is 2.98. The quantitative estimate of drug-likeness (QED) is 0.897. The van der Waals surface area contributed by atoms with Crippen LogP contribution < -0.4 is 15.8 Å². The second kappa shape index (κ2) is 7.08. The summed E-state index contributed by atoms with van der Waals surface area (Å²) >= 11 is 0. The Balaban J connectivity index is 1.75. The van der Waals surface area contributed by atoms with Crippen LogP contribution in [-0.2, 0) is 7.05 Å². The Bertz CT molecular complexity index is 825. The van der Waals surface area contributed by atoms with Gasteiger partial charge in [-0.25, -0.2) is 14.8 Å². The van der Waals surface area contributed by atoms with E-state index in [-0.39, 0.29) is 17.6 Å². The van der Waals surface area contributed by atoms with Crippen LogP contribution in [0, 0.1) is 0 Å². The van der Waals surface area contributed by atoms with Crippen LogP contribution in [0.15, 0.2) is 23.1 Å². The molecule has 0 bridgehead atoms. The number of aromatic nitrogens is 3. The first-order valence-electron chi connectivity index (χ1n) is 8.63. The van der Waals surface area contributed by atoms with Crippen LogP contribution in [0.4, 0.5) is 10.6 Å². The molecule has 1 saturated heterocycles. The lowest BCUT2D eigenvalue weighted by Gasteiger charge is -2.35. The average molecular weight is 344 g/mol. The molecule has 0 spiro atoms. The van der Waals surface area contributed by atoms with Gasteiger partial charge in [-0.2, -0.15) is 0 Å². The summed E-state index contributed by atoms with van der Waals surface area (Å²) in [6.07, 6.45) is 2.55. The minimum Gasteiger partial charge on any atom is -0.348 e. The van der Waals surface area contributed by atoms with Crippen molar-refractivity contribution in [3.05, 3.63) is 28.7 Å². The number of rotatable bonds is 3. The van der Waals surface area contributed by atoms with E-state index < -0.39 is 0 Å². The summed E-state index contributed by atoms with van der Waals surface area (Å²) in [6.45, 7) is 6.34. The summed E-state index contributed by atoms with van der Waals surface area (Å²) in [5.41, 5.74) is 1.10. The molecule has 1 aliphatic rings. The molecule has 1 N–H and O–H groups in total. The smallest absolute Gasteiger partial charge is 0.317 e. The molecule has 3 rings (SSSR count). The lowest BCUT2D eigenvalue weighted by Crippen LogP contribution is -2.54. The molecule has 0 radical (unpaired) electrons. The largest absolute Gasteiger partial charge is 0.348 e. The predicted molar refractivity (Wildman–Crippen MR) is 96.8 cm³/mol. The number of aryl methyl sites for hydroxylation is 1. The molecule has 1 aliphatic heterocycles. The minimum atomic E-state index is -0.163. The number of piperazine rings is 1. The van der Waals surface area contributed by atoms with E-state index in [1.54, 1.807) is 24.2 Å². The molecule has 2 aromatic rings. The summed E-state index contributed by atoms with van der Waals surface area (Å²) in [7, 11) is 1.71. The second-order valence-electron chi connectivity index (χ2n) is 6.38. The number of anilines is 1. The molecule has 0 unspecified atom stereocenters. The molecule has 0 aromatic carbocycles. The monoisotopic (exact) mass is 344 g/mol. The maximum atomic E-state index is 12.6. The highest BCUT2D eigenvalue weighted by Crippen LogP contribution is 2.14. The molecule has 134 valence electrons. The molecule has 1 fully saturated rings. The topological polar surface area (TPSA) is 83.4 Å². The first-order chi connectivity index (χ1) is 12.0. The van der Waals surface area contributed by atoms with Gasteiger partial charge in [0, 0.05) is 45.5 Å². The van der Waals surface area contributed by atoms with Gasteiger partial charge in [-0.1, -0.05) is 6.92 Å². The number of fused-ring (bicyclic) bond motifs is 1. The number of pyridine rings is 1. The Labute approximate surface area is 146 Å². The Morgan fingerprint density at radius 3 is 2.72 bits per heavy atom. The fourth-order valence-corrected chi connectivity index (χ4v) is 2.87. The van der Waals surface area contributed by atoms with Crippen molar-refractivity contribution in [3.8, 4) is 0 Å². The van der Waals surface area contributed by atoms with Crippen molar-refractivity contribution < 1.29 is 4.79 Å². The van der Waals surface area contributed by atoms with E-state index in [2.05, 4.69) is 15.3 Å². The SMILES string of the molecule is CC[C@H](C)NC(=O)N1CCN(c2nc3cccnc3n(C)c2=O)CC1. The number of hydrogen-bond acceptors (Lipinski definition) is 5. The zero-order valence-electron chi connectivity index (χ0n) is 14.9. The van der Waals surface area contributed by atoms with E-state index in [0.717, 1.165) is 6.42 Å². The van der Waals surface area contributed by atoms with Gasteiger partial charge in [-0.15, -0.1) is 0 Å². The molecule has 2 aromatic heterocycles. The molecular weight excluding hydrogens is 320 g/mol. The van der Waals surface area contributed by atoms with E-state index in [1.807, 2.05) is 24.8 Å². The van der Waals surface area contributed by atoms with Crippen molar-refractivity contribution >= 4 is 23.0 Å². The van der Waals surface area contributed by atoms with Crippen molar-refractivity contribution in [2.45, 2.75) is 26.3 Å². The predicted octanol–water partition coefficient (Wildman–Crippen LogP) is 0.959. The Morgan fingerprint density at radius 2 is 2.04 bits per heavy atom. The van der Waals surface area contributed by atoms with Gasteiger partial charge in [0.15, 0.2) is 11.5 Å². The fourth-order valence-electron chi connectivity index (χ4n) is 2.87. The molecule has 8 heteroatoms. The molecule has 2 amide bonds. The highest BCUT2D eigenvalue weighted by atomic mass is 16.2. The molecule has 3 heterocycles. The number of carbonyl (C=O) groups is 1. The van der Waals surface area contributed by atoms with Gasteiger partial charge in [0.25, 0.3) is 5.56 Å². The van der Waals surface area contributed by atoms with E-state index in [0.29, 0.717) is 43.2 Å². The van der Waals surface area contributed by atoms with Gasteiger partial charge in [0.2, 0.25) is 0 Å². The summed E-state index contributed by atoms with van der Waals surface area (Å²) < 4.78 is 1.53. The first-order valence-corrected chi connectivity index (χ1v) is 8.63. The standard InChI is InChI=1S/C17H24N6O2/c1-4-12(2)19-17(25)23-10-8-22(9-11-23)15-16(24)21(3)14-13(20-15)6-5-7-18-14/h5-7,12H,4,8-11H2,1-3H3,(H,19,25)/t12-/m0/s1. The van der Waals surface area contributed by atoms with Crippen molar-refractivity contribution in [2.75, 3.05) is 31.1 Å². The maximum Gasteiger partial charge on any atom is 0.317 e. The highest BCUT2D eigenvalue weighted by molar-refractivity contribution is 5.75. The van der Waals surface area contributed by atoms with Gasteiger partial charge < -0.3 is 15.1 Å². The second-order valence-corrected chi connectivity index (χ2v) is 6.38. The third-order valence-corrected chi connectivity index (χ3v) is 4.65. The molecule has 25 heavy (non-hydrogen) atoms. The van der Waals surface area contributed by atoms with Crippen LogP contribution in [0.2, 0.25) is 0 Å². The highest BCUT2D eigenvalue weighted by Gasteiger charge is 2.24. The van der Waals surface area contributed by atoms with Crippen LogP contribution in [0.1, 0.15) is 20.3 Å². The number of urea groups is 1. The van der Waals surface area contributed by atoms with Crippen molar-refractivity contribution in [3.63, 3.8) is 0 Å². The Kier molecular flexibility index (Phi) is 4.87. The lowest BCUT2D eigenvalue weighted by atomic mass is 10.2. The van der Waals surface area contributed by atoms with E-state index in [1.165, 1.54) is 4.57 Å². The van der Waals surface area contributed by atoms with Crippen LogP contribution in [0.25, 0.3) is 11.2 Å². The zero-order valence-corrected chi connectivity index (χ0v) is 14.9. The van der Waals surface area contributed by atoms with Crippen LogP contribution in [-0.4, -0.2) is 57.7 Å². The third-order valence-electron chi connectivity index (χ3n) is 4.65. The number of nitrogens with one attached hydrogen (secondary N) is 1. The average Bonchev–Trinajstić information content (AvgIpc) is 2.64. The molecule has 8 nitrogen and oxygen atoms in total. The zero-order chi connectivity index (χ0) is 18.0. The number of nitrogens with zero attached hydrogens (tertiary/aromatic N) is 5. The Hall–Kier alpha value is -2.64. The van der Waals surface area contributed by atoms with Gasteiger partial charge >= 0.3 is 6.03 Å². The third kappa shape index (κ3) is 3.42. The molecule has 1 atom stereocenters. The van der Waals surface area contributed by atoms with E-state index >= 15 is 0 Å². The molecular formula is C17H24N6O2. The van der Waals surface area contributed by atoms with Crippen LogP contribution >= 0.6 is 0 Å². The summed E-state index contributed by atoms with van der Waals surface area (Å²) in [4.78, 5) is 37.3. The molecule has 0 aliphatic carbocycles. The minimum absolute atomic E-state index is 0.0439. The van der Waals surface area contributed by atoms with Crippen molar-refractivity contribution in [2.24, 2.45) is 7.05 Å². The summed E-state index contributed by atoms with van der Waals surface area (Å²) in [5.74, 6) is 0.421. The first kappa shape index (κ1) is 17.2. The number of carbonyl (C=O) groups excluding carboxylic acids is 1. The fraction of sp³-hybridized carbons (Fsp3) is 0.529. The number of amides is 2. The van der Waals surface area contributed by atoms with Gasteiger partial charge in [0.1, 0.15) is 5.52 Å². The number of hydrogen-bond donors (Lipinski definition) is 1. The molecule has 0 saturated carbocycles. The van der Waals surface area contributed by atoms with Gasteiger partial charge in [0.05, 0.1) is 0 Å².